The van der Waals surface area contributed by atoms with Crippen LogP contribution in [0.5, 0.6) is 5.75 Å². The molecule has 0 unspecified atom stereocenters. The van der Waals surface area contributed by atoms with E-state index in [-0.39, 0.29) is 6.61 Å². The molecule has 0 saturated carbocycles. The van der Waals surface area contributed by atoms with Gasteiger partial charge in [-0.3, -0.25) is 10.1 Å². The number of hydrogen-bond acceptors (Lipinski definition) is 5. The van der Waals surface area contributed by atoms with E-state index in [0.29, 0.717) is 11.3 Å². The van der Waals surface area contributed by atoms with Crippen LogP contribution < -0.4 is 21.4 Å². The normalized spacial score (nSPS) is 10.1. The average molecular weight is 262 g/mol. The van der Waals surface area contributed by atoms with Crippen molar-refractivity contribution in [3.63, 3.8) is 0 Å². The number of ether oxygens (including phenoxy) is 1. The lowest BCUT2D eigenvalue weighted by Crippen LogP contribution is -2.38. The zero-order chi connectivity index (χ0) is 13.8. The van der Waals surface area contributed by atoms with Crippen molar-refractivity contribution in [2.75, 3.05) is 6.61 Å². The molecular weight excluding hydrogens is 252 g/mol. The SMILES string of the molecule is NC(=O)NC(=O)COc1ccc2ccc(=O)oc2c1. The first kappa shape index (κ1) is 12.6. The van der Waals surface area contributed by atoms with Crippen molar-refractivity contribution in [3.8, 4) is 5.75 Å². The lowest BCUT2D eigenvalue weighted by molar-refractivity contribution is -0.121. The van der Waals surface area contributed by atoms with Crippen molar-refractivity contribution < 1.29 is 18.7 Å². The summed E-state index contributed by atoms with van der Waals surface area (Å²) >= 11 is 0. The minimum absolute atomic E-state index is 0.335. The Balaban J connectivity index is 2.11. The zero-order valence-corrected chi connectivity index (χ0v) is 9.71. The molecule has 7 heteroatoms. The number of amides is 3. The van der Waals surface area contributed by atoms with Gasteiger partial charge in [-0.05, 0) is 18.2 Å². The van der Waals surface area contributed by atoms with Gasteiger partial charge in [0.2, 0.25) is 0 Å². The van der Waals surface area contributed by atoms with Crippen LogP contribution in [0.4, 0.5) is 4.79 Å². The molecule has 7 nitrogen and oxygen atoms in total. The molecule has 0 fully saturated rings. The van der Waals surface area contributed by atoms with Gasteiger partial charge in [0.25, 0.3) is 5.91 Å². The fourth-order valence-corrected chi connectivity index (χ4v) is 1.45. The Morgan fingerprint density at radius 1 is 1.26 bits per heavy atom. The molecule has 0 aliphatic rings. The van der Waals surface area contributed by atoms with Crippen LogP contribution >= 0.6 is 0 Å². The molecule has 0 atom stereocenters. The number of fused-ring (bicyclic) bond motifs is 1. The van der Waals surface area contributed by atoms with E-state index in [1.165, 1.54) is 12.1 Å². The highest BCUT2D eigenvalue weighted by Gasteiger charge is 2.06. The third-order valence-electron chi connectivity index (χ3n) is 2.23. The van der Waals surface area contributed by atoms with Crippen molar-refractivity contribution in [2.45, 2.75) is 0 Å². The maximum absolute atomic E-state index is 11.1. The molecule has 0 aliphatic heterocycles. The second kappa shape index (κ2) is 5.21. The van der Waals surface area contributed by atoms with Gasteiger partial charge in [-0.1, -0.05) is 0 Å². The molecule has 3 N–H and O–H groups in total. The number of primary amides is 1. The number of urea groups is 1. The summed E-state index contributed by atoms with van der Waals surface area (Å²) in [5.74, 6) is -0.330. The third kappa shape index (κ3) is 3.32. The minimum atomic E-state index is -0.946. The van der Waals surface area contributed by atoms with Crippen LogP contribution in [0.15, 0.2) is 39.5 Å². The predicted molar refractivity (Wildman–Crippen MR) is 65.7 cm³/mol. The molecule has 19 heavy (non-hydrogen) atoms. The topological polar surface area (TPSA) is 112 Å². The van der Waals surface area contributed by atoms with Crippen LogP contribution in [0.25, 0.3) is 11.0 Å². The maximum atomic E-state index is 11.1. The molecule has 3 amide bonds. The first-order valence-electron chi connectivity index (χ1n) is 5.30. The Morgan fingerprint density at radius 3 is 2.74 bits per heavy atom. The number of hydrogen-bond donors (Lipinski definition) is 2. The summed E-state index contributed by atoms with van der Waals surface area (Å²) in [7, 11) is 0. The summed E-state index contributed by atoms with van der Waals surface area (Å²) in [6.07, 6.45) is 0. The first-order valence-corrected chi connectivity index (χ1v) is 5.30. The van der Waals surface area contributed by atoms with Crippen molar-refractivity contribution >= 4 is 22.9 Å². The van der Waals surface area contributed by atoms with Crippen LogP contribution in [0, 0.1) is 0 Å². The van der Waals surface area contributed by atoms with Gasteiger partial charge in [0.05, 0.1) is 0 Å². The number of benzene rings is 1. The van der Waals surface area contributed by atoms with E-state index in [1.807, 2.05) is 5.32 Å². The summed E-state index contributed by atoms with van der Waals surface area (Å²) in [4.78, 5) is 32.6. The minimum Gasteiger partial charge on any atom is -0.484 e. The van der Waals surface area contributed by atoms with Crippen molar-refractivity contribution in [2.24, 2.45) is 5.73 Å². The molecule has 1 aromatic heterocycles. The molecular formula is C12H10N2O5. The molecule has 0 spiro atoms. The van der Waals surface area contributed by atoms with Crippen molar-refractivity contribution in [3.05, 3.63) is 40.8 Å². The molecule has 0 radical (unpaired) electrons. The molecule has 0 bridgehead atoms. The molecule has 98 valence electrons. The Morgan fingerprint density at radius 2 is 2.00 bits per heavy atom. The molecule has 1 aromatic carbocycles. The molecule has 1 heterocycles. The van der Waals surface area contributed by atoms with Gasteiger partial charge in [0.15, 0.2) is 6.61 Å². The fraction of sp³-hybridized carbons (Fsp3) is 0.0833. The number of rotatable bonds is 3. The maximum Gasteiger partial charge on any atom is 0.336 e. The Labute approximate surface area is 107 Å². The van der Waals surface area contributed by atoms with E-state index >= 15 is 0 Å². The number of nitrogens with one attached hydrogen (secondary N) is 1. The molecule has 0 aliphatic carbocycles. The van der Waals surface area contributed by atoms with Crippen molar-refractivity contribution in [1.82, 2.24) is 5.32 Å². The Kier molecular flexibility index (Phi) is 3.46. The summed E-state index contributed by atoms with van der Waals surface area (Å²) in [6.45, 7) is -0.370. The van der Waals surface area contributed by atoms with E-state index in [2.05, 4.69) is 0 Å². The predicted octanol–water partition coefficient (Wildman–Crippen LogP) is 0.367. The summed E-state index contributed by atoms with van der Waals surface area (Å²) in [6, 6.07) is 6.75. The van der Waals surface area contributed by atoms with Crippen molar-refractivity contribution in [1.29, 1.82) is 0 Å². The van der Waals surface area contributed by atoms with Gasteiger partial charge in [-0.25, -0.2) is 9.59 Å². The monoisotopic (exact) mass is 262 g/mol. The lowest BCUT2D eigenvalue weighted by atomic mass is 10.2. The largest absolute Gasteiger partial charge is 0.484 e. The van der Waals surface area contributed by atoms with Gasteiger partial charge in [-0.15, -0.1) is 0 Å². The number of imide groups is 1. The summed E-state index contributed by atoms with van der Waals surface area (Å²) in [5, 5.41) is 2.59. The second-order valence-electron chi connectivity index (χ2n) is 3.66. The van der Waals surface area contributed by atoms with Crippen LogP contribution in [0.1, 0.15) is 0 Å². The van der Waals surface area contributed by atoms with E-state index in [0.717, 1.165) is 5.39 Å². The first-order chi connectivity index (χ1) is 9.04. The number of carbonyl (C=O) groups excluding carboxylic acids is 2. The Hall–Kier alpha value is -2.83. The lowest BCUT2D eigenvalue weighted by Gasteiger charge is -2.05. The highest BCUT2D eigenvalue weighted by molar-refractivity contribution is 5.94. The van der Waals surface area contributed by atoms with E-state index < -0.39 is 17.6 Å². The number of carbonyl (C=O) groups is 2. The average Bonchev–Trinajstić information content (AvgIpc) is 2.35. The van der Waals surface area contributed by atoms with Crippen LogP contribution in [-0.4, -0.2) is 18.5 Å². The third-order valence-corrected chi connectivity index (χ3v) is 2.23. The quantitative estimate of drug-likeness (QED) is 0.776. The van der Waals surface area contributed by atoms with Gasteiger partial charge in [-0.2, -0.15) is 0 Å². The van der Waals surface area contributed by atoms with Crippen LogP contribution in [0.3, 0.4) is 0 Å². The van der Waals surface area contributed by atoms with Crippen LogP contribution in [0.2, 0.25) is 0 Å². The molecule has 2 aromatic rings. The highest BCUT2D eigenvalue weighted by Crippen LogP contribution is 2.19. The highest BCUT2D eigenvalue weighted by atomic mass is 16.5. The van der Waals surface area contributed by atoms with Crippen LogP contribution in [-0.2, 0) is 4.79 Å². The standard InChI is InChI=1S/C12H10N2O5/c13-12(17)14-10(15)6-18-8-3-1-7-2-4-11(16)19-9(7)5-8/h1-5H,6H2,(H3,13,14,15,17). The van der Waals surface area contributed by atoms with E-state index in [9.17, 15) is 14.4 Å². The van der Waals surface area contributed by atoms with Gasteiger partial charge in [0, 0.05) is 17.5 Å². The van der Waals surface area contributed by atoms with E-state index in [1.54, 1.807) is 18.2 Å². The van der Waals surface area contributed by atoms with E-state index in [4.69, 9.17) is 14.9 Å². The fourth-order valence-electron chi connectivity index (χ4n) is 1.45. The smallest absolute Gasteiger partial charge is 0.336 e. The number of nitrogens with two attached hydrogens (primary N) is 1. The van der Waals surface area contributed by atoms with Gasteiger partial charge < -0.3 is 14.9 Å². The summed E-state index contributed by atoms with van der Waals surface area (Å²) in [5.41, 5.74) is 4.65. The second-order valence-corrected chi connectivity index (χ2v) is 3.66. The summed E-state index contributed by atoms with van der Waals surface area (Å²) < 4.78 is 10.1. The Bertz CT molecular complexity index is 692. The van der Waals surface area contributed by atoms with Gasteiger partial charge in [0.1, 0.15) is 11.3 Å². The molecule has 0 saturated heterocycles. The van der Waals surface area contributed by atoms with Gasteiger partial charge >= 0.3 is 11.7 Å². The zero-order valence-electron chi connectivity index (χ0n) is 9.71. The molecule has 2 rings (SSSR count).